The van der Waals surface area contributed by atoms with Crippen molar-refractivity contribution >= 4 is 5.91 Å². The lowest BCUT2D eigenvalue weighted by atomic mass is 9.77. The Hall–Kier alpha value is -1.31. The largest absolute Gasteiger partial charge is 0.353 e. The Labute approximate surface area is 128 Å². The molecule has 2 heteroatoms. The summed E-state index contributed by atoms with van der Waals surface area (Å²) in [5, 5.41) is 3.38. The van der Waals surface area contributed by atoms with Gasteiger partial charge in [-0.25, -0.2) is 0 Å². The number of carbonyl (C=O) groups excluding carboxylic acids is 1. The van der Waals surface area contributed by atoms with Crippen LogP contribution >= 0.6 is 0 Å². The standard InChI is InChI=1S/C19H27NO/c1-18(2)13-10-16(14-18)20-17(21)19(11-6-7-12-19)15-8-4-3-5-9-15/h3-5,8-9,16H,6-7,10-14H2,1-2H3,(H,20,21). The van der Waals surface area contributed by atoms with Crippen LogP contribution in [0.1, 0.15) is 64.4 Å². The first-order chi connectivity index (χ1) is 10.0. The fourth-order valence-electron chi connectivity index (χ4n) is 4.27. The third-order valence-corrected chi connectivity index (χ3v) is 5.52. The van der Waals surface area contributed by atoms with E-state index in [-0.39, 0.29) is 11.3 Å². The maximum atomic E-state index is 13.0. The van der Waals surface area contributed by atoms with Gasteiger partial charge >= 0.3 is 0 Å². The first-order valence-corrected chi connectivity index (χ1v) is 8.38. The number of hydrogen-bond donors (Lipinski definition) is 1. The van der Waals surface area contributed by atoms with E-state index in [1.54, 1.807) is 0 Å². The number of carbonyl (C=O) groups is 1. The fraction of sp³-hybridized carbons (Fsp3) is 0.632. The Kier molecular flexibility index (Phi) is 3.81. The highest BCUT2D eigenvalue weighted by atomic mass is 16.2. The van der Waals surface area contributed by atoms with Crippen molar-refractivity contribution in [1.29, 1.82) is 0 Å². The Bertz CT molecular complexity index is 500. The van der Waals surface area contributed by atoms with E-state index in [1.807, 2.05) is 6.07 Å². The van der Waals surface area contributed by atoms with Crippen molar-refractivity contribution < 1.29 is 4.79 Å². The summed E-state index contributed by atoms with van der Waals surface area (Å²) in [6.07, 6.45) is 7.79. The molecule has 2 aliphatic carbocycles. The molecule has 1 amide bonds. The smallest absolute Gasteiger partial charge is 0.230 e. The lowest BCUT2D eigenvalue weighted by Gasteiger charge is -2.30. The zero-order chi connectivity index (χ0) is 14.9. The summed E-state index contributed by atoms with van der Waals surface area (Å²) in [5.41, 5.74) is 1.32. The molecule has 1 aromatic carbocycles. The SMILES string of the molecule is CC1(C)CCC(NC(=O)C2(c3ccccc3)CCCC2)C1. The van der Waals surface area contributed by atoms with Crippen LogP contribution in [0, 0.1) is 5.41 Å². The third kappa shape index (κ3) is 2.86. The molecule has 0 heterocycles. The average molecular weight is 285 g/mol. The van der Waals surface area contributed by atoms with Gasteiger partial charge in [0.15, 0.2) is 0 Å². The van der Waals surface area contributed by atoms with Crippen molar-refractivity contribution in [3.63, 3.8) is 0 Å². The van der Waals surface area contributed by atoms with Gasteiger partial charge in [0.05, 0.1) is 5.41 Å². The van der Waals surface area contributed by atoms with E-state index in [1.165, 1.54) is 24.8 Å². The highest BCUT2D eigenvalue weighted by molar-refractivity contribution is 5.88. The molecule has 2 saturated carbocycles. The van der Waals surface area contributed by atoms with Crippen molar-refractivity contribution in [3.8, 4) is 0 Å². The van der Waals surface area contributed by atoms with Gasteiger partial charge in [0.1, 0.15) is 0 Å². The summed E-state index contributed by atoms with van der Waals surface area (Å²) < 4.78 is 0. The van der Waals surface area contributed by atoms with E-state index in [4.69, 9.17) is 0 Å². The third-order valence-electron chi connectivity index (χ3n) is 5.52. The van der Waals surface area contributed by atoms with Gasteiger partial charge in [-0.2, -0.15) is 0 Å². The van der Waals surface area contributed by atoms with Gasteiger partial charge in [-0.05, 0) is 43.1 Å². The monoisotopic (exact) mass is 285 g/mol. The van der Waals surface area contributed by atoms with Crippen LogP contribution in [-0.4, -0.2) is 11.9 Å². The van der Waals surface area contributed by atoms with Crippen molar-refractivity contribution in [2.75, 3.05) is 0 Å². The number of rotatable bonds is 3. The first kappa shape index (κ1) is 14.6. The van der Waals surface area contributed by atoms with E-state index < -0.39 is 0 Å². The lowest BCUT2D eigenvalue weighted by Crippen LogP contribution is -2.46. The van der Waals surface area contributed by atoms with Crippen LogP contribution < -0.4 is 5.32 Å². The van der Waals surface area contributed by atoms with Gasteiger partial charge in [0.2, 0.25) is 5.91 Å². The Balaban J connectivity index is 1.77. The van der Waals surface area contributed by atoms with Gasteiger partial charge in [0.25, 0.3) is 0 Å². The normalized spacial score (nSPS) is 26.7. The van der Waals surface area contributed by atoms with Crippen LogP contribution in [0.25, 0.3) is 0 Å². The Morgan fingerprint density at radius 2 is 1.76 bits per heavy atom. The molecular formula is C19H27NO. The van der Waals surface area contributed by atoms with Crippen molar-refractivity contribution in [2.45, 2.75) is 70.3 Å². The Morgan fingerprint density at radius 3 is 2.33 bits per heavy atom. The first-order valence-electron chi connectivity index (χ1n) is 8.38. The molecule has 0 spiro atoms. The molecule has 1 N–H and O–H groups in total. The minimum absolute atomic E-state index is 0.270. The number of nitrogens with one attached hydrogen (secondary N) is 1. The van der Waals surface area contributed by atoms with Gasteiger partial charge in [-0.15, -0.1) is 0 Å². The molecule has 3 rings (SSSR count). The predicted octanol–water partition coefficient (Wildman–Crippen LogP) is 4.19. The second kappa shape index (κ2) is 5.47. The van der Waals surface area contributed by atoms with Crippen LogP contribution in [0.4, 0.5) is 0 Å². The van der Waals surface area contributed by atoms with Crippen molar-refractivity contribution in [2.24, 2.45) is 5.41 Å². The topological polar surface area (TPSA) is 29.1 Å². The van der Waals surface area contributed by atoms with Gasteiger partial charge in [0, 0.05) is 6.04 Å². The van der Waals surface area contributed by atoms with Crippen molar-refractivity contribution in [3.05, 3.63) is 35.9 Å². The van der Waals surface area contributed by atoms with Gasteiger partial charge in [-0.3, -0.25) is 4.79 Å². The molecule has 0 bridgehead atoms. The molecule has 0 saturated heterocycles. The molecule has 2 aliphatic rings. The minimum Gasteiger partial charge on any atom is -0.353 e. The molecule has 2 fully saturated rings. The van der Waals surface area contributed by atoms with Crippen LogP contribution in [-0.2, 0) is 10.2 Å². The predicted molar refractivity (Wildman–Crippen MR) is 86.2 cm³/mol. The molecule has 1 aromatic rings. The summed E-state index contributed by atoms with van der Waals surface area (Å²) in [4.78, 5) is 13.0. The highest BCUT2D eigenvalue weighted by Gasteiger charge is 2.44. The number of benzene rings is 1. The summed E-state index contributed by atoms with van der Waals surface area (Å²) in [6.45, 7) is 4.61. The lowest BCUT2D eigenvalue weighted by molar-refractivity contribution is -0.127. The quantitative estimate of drug-likeness (QED) is 0.886. The molecule has 0 radical (unpaired) electrons. The van der Waals surface area contributed by atoms with E-state index >= 15 is 0 Å². The second-order valence-electron chi connectivity index (χ2n) is 7.73. The molecule has 21 heavy (non-hydrogen) atoms. The van der Waals surface area contributed by atoms with Gasteiger partial charge in [-0.1, -0.05) is 57.0 Å². The molecule has 1 atom stereocenters. The number of hydrogen-bond acceptors (Lipinski definition) is 1. The molecule has 2 nitrogen and oxygen atoms in total. The second-order valence-corrected chi connectivity index (χ2v) is 7.73. The molecule has 0 aromatic heterocycles. The highest BCUT2D eigenvalue weighted by Crippen LogP contribution is 2.42. The number of amides is 1. The average Bonchev–Trinajstić information content (AvgIpc) is 3.07. The maximum Gasteiger partial charge on any atom is 0.230 e. The van der Waals surface area contributed by atoms with Crippen LogP contribution in [0.5, 0.6) is 0 Å². The summed E-state index contributed by atoms with van der Waals surface area (Å²) in [7, 11) is 0. The maximum absolute atomic E-state index is 13.0. The van der Waals surface area contributed by atoms with Crippen LogP contribution in [0.15, 0.2) is 30.3 Å². The van der Waals surface area contributed by atoms with Crippen LogP contribution in [0.2, 0.25) is 0 Å². The minimum atomic E-state index is -0.270. The van der Waals surface area contributed by atoms with Gasteiger partial charge < -0.3 is 5.32 Å². The summed E-state index contributed by atoms with van der Waals surface area (Å²) >= 11 is 0. The van der Waals surface area contributed by atoms with Crippen molar-refractivity contribution in [1.82, 2.24) is 5.32 Å². The summed E-state index contributed by atoms with van der Waals surface area (Å²) in [5.74, 6) is 0.272. The van der Waals surface area contributed by atoms with E-state index in [9.17, 15) is 4.79 Å². The van der Waals surface area contributed by atoms with E-state index in [2.05, 4.69) is 43.4 Å². The van der Waals surface area contributed by atoms with Crippen LogP contribution in [0.3, 0.4) is 0 Å². The molecular weight excluding hydrogens is 258 g/mol. The molecule has 0 aliphatic heterocycles. The summed E-state index contributed by atoms with van der Waals surface area (Å²) in [6, 6.07) is 10.8. The van der Waals surface area contributed by atoms with E-state index in [0.717, 1.165) is 25.7 Å². The molecule has 114 valence electrons. The zero-order valence-electron chi connectivity index (χ0n) is 13.3. The zero-order valence-corrected chi connectivity index (χ0v) is 13.3. The molecule has 1 unspecified atom stereocenters. The fourth-order valence-corrected chi connectivity index (χ4v) is 4.27. The van der Waals surface area contributed by atoms with E-state index in [0.29, 0.717) is 11.5 Å². The Morgan fingerprint density at radius 1 is 1.10 bits per heavy atom.